The fourth-order valence-electron chi connectivity index (χ4n) is 0.589. The molecule has 0 aliphatic carbocycles. The molecule has 1 amide bonds. The smallest absolute Gasteiger partial charge is 0.218 e. The third-order valence-corrected chi connectivity index (χ3v) is 1.03. The Morgan fingerprint density at radius 2 is 2.70 bits per heavy atom. The first-order valence-electron chi connectivity index (χ1n) is 2.89. The molecule has 4 nitrogen and oxygen atoms in total. The lowest BCUT2D eigenvalue weighted by atomic mass is 10.2. The molecule has 0 spiro atoms. The normalized spacial score (nSPS) is 9.60. The Bertz CT molecular complexity index is 205. The van der Waals surface area contributed by atoms with Crippen LogP contribution in [-0.4, -0.2) is 15.9 Å². The van der Waals surface area contributed by atoms with Crippen molar-refractivity contribution in [1.29, 1.82) is 0 Å². The molecule has 0 aromatic carbocycles. The average molecular weight is 138 g/mol. The van der Waals surface area contributed by atoms with E-state index >= 15 is 0 Å². The van der Waals surface area contributed by atoms with Crippen molar-refractivity contribution in [2.45, 2.75) is 6.42 Å². The highest BCUT2D eigenvalue weighted by atomic mass is 16.1. The van der Waals surface area contributed by atoms with Gasteiger partial charge in [0.15, 0.2) is 0 Å². The van der Waals surface area contributed by atoms with E-state index < -0.39 is 0 Å². The number of nitrogens with one attached hydrogen (secondary N) is 1. The molecule has 0 saturated heterocycles. The molecule has 0 aliphatic heterocycles. The quantitative estimate of drug-likeness (QED) is 0.609. The van der Waals surface area contributed by atoms with Crippen LogP contribution in [0.4, 0.5) is 0 Å². The van der Waals surface area contributed by atoms with Crippen molar-refractivity contribution in [3.05, 3.63) is 24.6 Å². The minimum absolute atomic E-state index is 0.241. The highest BCUT2D eigenvalue weighted by Crippen LogP contribution is 1.97. The molecule has 3 N–H and O–H groups in total. The Labute approximate surface area is 58.5 Å². The molecule has 1 aromatic rings. The second-order valence-electron chi connectivity index (χ2n) is 1.87. The second-order valence-corrected chi connectivity index (χ2v) is 1.87. The summed E-state index contributed by atoms with van der Waals surface area (Å²) in [6.45, 7) is 0. The summed E-state index contributed by atoms with van der Waals surface area (Å²) in [6.07, 6.45) is 5.15. The fourth-order valence-corrected chi connectivity index (χ4v) is 0.589. The van der Waals surface area contributed by atoms with Crippen LogP contribution >= 0.6 is 0 Å². The monoisotopic (exact) mass is 138 g/mol. The zero-order valence-corrected chi connectivity index (χ0v) is 5.37. The van der Waals surface area contributed by atoms with Crippen molar-refractivity contribution < 1.29 is 4.79 Å². The lowest BCUT2D eigenvalue weighted by molar-refractivity contribution is -0.117. The summed E-state index contributed by atoms with van der Waals surface area (Å²) in [5.41, 5.74) is 5.65. The number of imidazole rings is 1. The van der Waals surface area contributed by atoms with Gasteiger partial charge in [-0.2, -0.15) is 0 Å². The van der Waals surface area contributed by atoms with Gasteiger partial charge in [0, 0.05) is 19.0 Å². The highest BCUT2D eigenvalue weighted by Gasteiger charge is 1.97. The number of rotatable bonds is 3. The van der Waals surface area contributed by atoms with E-state index in [1.54, 1.807) is 18.9 Å². The third kappa shape index (κ3) is 1.89. The number of hydrogen-bond donors (Lipinski definition) is 2. The van der Waals surface area contributed by atoms with Crippen LogP contribution in [0.25, 0.3) is 0 Å². The predicted molar refractivity (Wildman–Crippen MR) is 35.8 cm³/mol. The van der Waals surface area contributed by atoms with Crippen LogP contribution < -0.4 is 5.73 Å². The molecule has 0 saturated carbocycles. The lowest BCUT2D eigenvalue weighted by Crippen LogP contribution is -2.10. The number of aromatic nitrogens is 2. The molecular weight excluding hydrogens is 130 g/mol. The van der Waals surface area contributed by atoms with Crippen molar-refractivity contribution in [3.8, 4) is 0 Å². The summed E-state index contributed by atoms with van der Waals surface area (Å²) in [5, 5.41) is 0. The fraction of sp³-hybridized carbons (Fsp3) is 0.167. The number of carbonyl (C=O) groups is 1. The number of H-pyrrole nitrogens is 1. The van der Waals surface area contributed by atoms with E-state index in [1.807, 2.05) is 0 Å². The molecule has 0 fully saturated rings. The maximum atomic E-state index is 10.2. The molecule has 1 aromatic heterocycles. The maximum Gasteiger partial charge on any atom is 0.218 e. The summed E-state index contributed by atoms with van der Waals surface area (Å²) in [6, 6.07) is 0. The van der Waals surface area contributed by atoms with Crippen molar-refractivity contribution in [2.24, 2.45) is 5.73 Å². The molecule has 0 atom stereocenters. The SMILES string of the molecule is NC(=O)C[CH]c1c[nH]cn1. The van der Waals surface area contributed by atoms with E-state index in [0.29, 0.717) is 0 Å². The number of nitrogens with zero attached hydrogens (tertiary/aromatic N) is 1. The molecular formula is C6H8N3O. The largest absolute Gasteiger partial charge is 0.370 e. The van der Waals surface area contributed by atoms with Crippen molar-refractivity contribution in [3.63, 3.8) is 0 Å². The summed E-state index contributed by atoms with van der Waals surface area (Å²) in [7, 11) is 0. The standard InChI is InChI=1S/C6H8N3O/c7-6(10)2-1-5-3-8-4-9-5/h1,3-4H,2H2,(H2,7,10)(H,8,9). The average Bonchev–Trinajstić information content (AvgIpc) is 2.34. The molecule has 1 radical (unpaired) electrons. The molecule has 4 heteroatoms. The van der Waals surface area contributed by atoms with E-state index in [1.165, 1.54) is 0 Å². The van der Waals surface area contributed by atoms with Gasteiger partial charge in [0.2, 0.25) is 5.91 Å². The van der Waals surface area contributed by atoms with Gasteiger partial charge in [-0.3, -0.25) is 4.79 Å². The first-order valence-corrected chi connectivity index (χ1v) is 2.89. The van der Waals surface area contributed by atoms with Gasteiger partial charge in [0.1, 0.15) is 0 Å². The van der Waals surface area contributed by atoms with Crippen LogP contribution in [0.15, 0.2) is 12.5 Å². The number of hydrogen-bond acceptors (Lipinski definition) is 2. The Morgan fingerprint density at radius 1 is 1.90 bits per heavy atom. The molecule has 1 heterocycles. The molecule has 53 valence electrons. The van der Waals surface area contributed by atoms with Crippen LogP contribution in [0, 0.1) is 6.42 Å². The van der Waals surface area contributed by atoms with Crippen LogP contribution in [0.5, 0.6) is 0 Å². The molecule has 0 unspecified atom stereocenters. The second kappa shape index (κ2) is 3.00. The third-order valence-electron chi connectivity index (χ3n) is 1.03. The zero-order valence-electron chi connectivity index (χ0n) is 5.37. The van der Waals surface area contributed by atoms with E-state index in [9.17, 15) is 4.79 Å². The van der Waals surface area contributed by atoms with Crippen molar-refractivity contribution >= 4 is 5.91 Å². The van der Waals surface area contributed by atoms with Gasteiger partial charge in [-0.15, -0.1) is 0 Å². The Hall–Kier alpha value is -1.32. The predicted octanol–water partition coefficient (Wildman–Crippen LogP) is -0.163. The number of amides is 1. The Balaban J connectivity index is 2.35. The van der Waals surface area contributed by atoms with E-state index in [-0.39, 0.29) is 12.3 Å². The zero-order chi connectivity index (χ0) is 7.40. The van der Waals surface area contributed by atoms with Crippen LogP contribution in [0.1, 0.15) is 12.1 Å². The Morgan fingerprint density at radius 3 is 3.20 bits per heavy atom. The highest BCUT2D eigenvalue weighted by molar-refractivity contribution is 5.75. The van der Waals surface area contributed by atoms with Gasteiger partial charge in [0.25, 0.3) is 0 Å². The van der Waals surface area contributed by atoms with E-state index in [4.69, 9.17) is 5.73 Å². The topological polar surface area (TPSA) is 71.8 Å². The van der Waals surface area contributed by atoms with Gasteiger partial charge in [-0.25, -0.2) is 4.98 Å². The van der Waals surface area contributed by atoms with E-state index in [2.05, 4.69) is 9.97 Å². The lowest BCUT2D eigenvalue weighted by Gasteiger charge is -1.88. The number of primary amides is 1. The molecule has 10 heavy (non-hydrogen) atoms. The van der Waals surface area contributed by atoms with Crippen molar-refractivity contribution in [1.82, 2.24) is 9.97 Å². The Kier molecular flexibility index (Phi) is 2.04. The first kappa shape index (κ1) is 6.80. The summed E-state index contributed by atoms with van der Waals surface area (Å²) in [4.78, 5) is 16.9. The maximum absolute atomic E-state index is 10.2. The number of aromatic amines is 1. The van der Waals surface area contributed by atoms with Crippen LogP contribution in [-0.2, 0) is 4.79 Å². The van der Waals surface area contributed by atoms with Crippen LogP contribution in [0.2, 0.25) is 0 Å². The summed E-state index contributed by atoms with van der Waals surface area (Å²) < 4.78 is 0. The molecule has 1 rings (SSSR count). The summed E-state index contributed by atoms with van der Waals surface area (Å²) >= 11 is 0. The number of carbonyl (C=O) groups excluding carboxylic acids is 1. The summed E-state index contributed by atoms with van der Waals surface area (Å²) in [5.74, 6) is -0.344. The number of nitrogens with two attached hydrogens (primary N) is 1. The minimum Gasteiger partial charge on any atom is -0.370 e. The van der Waals surface area contributed by atoms with Crippen molar-refractivity contribution in [2.75, 3.05) is 0 Å². The van der Waals surface area contributed by atoms with Gasteiger partial charge < -0.3 is 10.7 Å². The molecule has 0 bridgehead atoms. The minimum atomic E-state index is -0.344. The first-order chi connectivity index (χ1) is 4.79. The van der Waals surface area contributed by atoms with Gasteiger partial charge in [-0.05, 0) is 0 Å². The van der Waals surface area contributed by atoms with Gasteiger partial charge in [0.05, 0.1) is 12.0 Å². The molecule has 0 aliphatic rings. The van der Waals surface area contributed by atoms with Crippen LogP contribution in [0.3, 0.4) is 0 Å². The van der Waals surface area contributed by atoms with Gasteiger partial charge in [-0.1, -0.05) is 0 Å². The van der Waals surface area contributed by atoms with E-state index in [0.717, 1.165) is 5.69 Å². The van der Waals surface area contributed by atoms with Gasteiger partial charge >= 0.3 is 0 Å².